The molecule has 0 saturated carbocycles. The van der Waals surface area contributed by atoms with Gasteiger partial charge in [-0.15, -0.1) is 0 Å². The minimum atomic E-state index is 0.175. The molecule has 0 aliphatic heterocycles. The van der Waals surface area contributed by atoms with E-state index in [2.05, 4.69) is 4.90 Å². The number of nitrogens with zero attached hydrogens (tertiary/aromatic N) is 2. The van der Waals surface area contributed by atoms with Crippen LogP contribution in [-0.4, -0.2) is 56.0 Å². The minimum Gasteiger partial charge on any atom is -0.343 e. The zero-order valence-electron chi connectivity index (χ0n) is 9.62. The van der Waals surface area contributed by atoms with E-state index >= 15 is 0 Å². The summed E-state index contributed by atoms with van der Waals surface area (Å²) in [6.45, 7) is 5.10. The lowest BCUT2D eigenvalue weighted by Gasteiger charge is -2.21. The highest BCUT2D eigenvalue weighted by atomic mass is 16.2. The summed E-state index contributed by atoms with van der Waals surface area (Å²) in [6.07, 6.45) is 1.49. The van der Waals surface area contributed by atoms with Crippen molar-refractivity contribution >= 4 is 5.91 Å². The Bertz CT molecular complexity index is 159. The van der Waals surface area contributed by atoms with E-state index in [-0.39, 0.29) is 5.91 Å². The molecule has 0 atom stereocenters. The van der Waals surface area contributed by atoms with E-state index in [1.165, 1.54) is 0 Å². The van der Waals surface area contributed by atoms with Crippen LogP contribution in [-0.2, 0) is 4.79 Å². The molecule has 0 heterocycles. The monoisotopic (exact) mass is 201 g/mol. The second-order valence-corrected chi connectivity index (χ2v) is 3.67. The van der Waals surface area contributed by atoms with Crippen LogP contribution < -0.4 is 5.73 Å². The van der Waals surface area contributed by atoms with Crippen LogP contribution in [0.15, 0.2) is 0 Å². The van der Waals surface area contributed by atoms with Crippen molar-refractivity contribution in [1.82, 2.24) is 9.80 Å². The lowest BCUT2D eigenvalue weighted by molar-refractivity contribution is -0.130. The van der Waals surface area contributed by atoms with Gasteiger partial charge in [-0.3, -0.25) is 4.79 Å². The molecule has 0 bridgehead atoms. The third-order valence-electron chi connectivity index (χ3n) is 2.13. The predicted octanol–water partition coefficient (Wildman–Crippen LogP) is 0.135. The molecule has 0 unspecified atom stereocenters. The molecule has 4 heteroatoms. The van der Waals surface area contributed by atoms with E-state index < -0.39 is 0 Å². The third-order valence-corrected chi connectivity index (χ3v) is 2.13. The summed E-state index contributed by atoms with van der Waals surface area (Å²) >= 11 is 0. The highest BCUT2D eigenvalue weighted by Crippen LogP contribution is 1.96. The molecule has 0 aromatic heterocycles. The largest absolute Gasteiger partial charge is 0.343 e. The van der Waals surface area contributed by atoms with Gasteiger partial charge in [0, 0.05) is 26.1 Å². The summed E-state index contributed by atoms with van der Waals surface area (Å²) < 4.78 is 0. The fraction of sp³-hybridized carbons (Fsp3) is 0.900. The summed E-state index contributed by atoms with van der Waals surface area (Å²) in [5.74, 6) is 0.175. The maximum absolute atomic E-state index is 11.5. The Kier molecular flexibility index (Phi) is 7.42. The van der Waals surface area contributed by atoms with Gasteiger partial charge in [0.1, 0.15) is 0 Å². The van der Waals surface area contributed by atoms with Crippen LogP contribution in [0.2, 0.25) is 0 Å². The molecule has 0 fully saturated rings. The van der Waals surface area contributed by atoms with Gasteiger partial charge in [0.2, 0.25) is 5.91 Å². The third kappa shape index (κ3) is 5.94. The van der Waals surface area contributed by atoms with E-state index in [0.717, 1.165) is 26.1 Å². The Morgan fingerprint density at radius 1 is 1.29 bits per heavy atom. The van der Waals surface area contributed by atoms with E-state index in [0.29, 0.717) is 13.0 Å². The molecule has 0 aliphatic rings. The van der Waals surface area contributed by atoms with Gasteiger partial charge in [-0.1, -0.05) is 0 Å². The Morgan fingerprint density at radius 2 is 1.93 bits per heavy atom. The Morgan fingerprint density at radius 3 is 2.36 bits per heavy atom. The van der Waals surface area contributed by atoms with E-state index in [1.54, 1.807) is 0 Å². The van der Waals surface area contributed by atoms with E-state index in [1.807, 2.05) is 25.9 Å². The molecule has 1 amide bonds. The molecule has 0 aliphatic carbocycles. The summed E-state index contributed by atoms with van der Waals surface area (Å²) in [7, 11) is 4.08. The van der Waals surface area contributed by atoms with Gasteiger partial charge >= 0.3 is 0 Å². The van der Waals surface area contributed by atoms with Crippen molar-refractivity contribution in [3.8, 4) is 0 Å². The van der Waals surface area contributed by atoms with Gasteiger partial charge in [-0.2, -0.15) is 0 Å². The number of hydrogen-bond donors (Lipinski definition) is 1. The lowest BCUT2D eigenvalue weighted by atomic mass is 10.3. The standard InChI is InChI=1S/C10H23N3O/c1-4-13(10(14)6-7-11)9-5-8-12(2)3/h4-9,11H2,1-3H3. The van der Waals surface area contributed by atoms with Gasteiger partial charge in [-0.05, 0) is 34.0 Å². The molecular weight excluding hydrogens is 178 g/mol. The molecule has 4 nitrogen and oxygen atoms in total. The quantitative estimate of drug-likeness (QED) is 0.637. The normalized spacial score (nSPS) is 10.6. The number of nitrogens with two attached hydrogens (primary N) is 1. The highest BCUT2D eigenvalue weighted by Gasteiger charge is 2.09. The van der Waals surface area contributed by atoms with Gasteiger partial charge in [-0.25, -0.2) is 0 Å². The topological polar surface area (TPSA) is 49.6 Å². The molecule has 0 saturated heterocycles. The molecule has 0 aromatic carbocycles. The van der Waals surface area contributed by atoms with Crippen LogP contribution in [0.25, 0.3) is 0 Å². The molecule has 84 valence electrons. The number of carbonyl (C=O) groups is 1. The van der Waals surface area contributed by atoms with Crippen LogP contribution in [0.5, 0.6) is 0 Å². The second-order valence-electron chi connectivity index (χ2n) is 3.67. The van der Waals surface area contributed by atoms with Crippen LogP contribution in [0.1, 0.15) is 19.8 Å². The first kappa shape index (κ1) is 13.4. The number of amides is 1. The molecule has 0 spiro atoms. The predicted molar refractivity (Wildman–Crippen MR) is 59.1 cm³/mol. The summed E-state index contributed by atoms with van der Waals surface area (Å²) in [5, 5.41) is 0. The van der Waals surface area contributed by atoms with Crippen molar-refractivity contribution in [2.24, 2.45) is 5.73 Å². The SMILES string of the molecule is CCN(CCCN(C)C)C(=O)CCN. The fourth-order valence-electron chi connectivity index (χ4n) is 1.32. The first-order valence-electron chi connectivity index (χ1n) is 5.24. The van der Waals surface area contributed by atoms with Crippen molar-refractivity contribution in [1.29, 1.82) is 0 Å². The van der Waals surface area contributed by atoms with Crippen molar-refractivity contribution in [2.45, 2.75) is 19.8 Å². The van der Waals surface area contributed by atoms with E-state index in [9.17, 15) is 4.79 Å². The summed E-state index contributed by atoms with van der Waals surface area (Å²) in [4.78, 5) is 15.5. The minimum absolute atomic E-state index is 0.175. The van der Waals surface area contributed by atoms with E-state index in [4.69, 9.17) is 5.73 Å². The molecule has 0 rings (SSSR count). The van der Waals surface area contributed by atoms with Crippen LogP contribution in [0.4, 0.5) is 0 Å². The summed E-state index contributed by atoms with van der Waals surface area (Å²) in [5.41, 5.74) is 5.34. The van der Waals surface area contributed by atoms with Gasteiger partial charge in [0.15, 0.2) is 0 Å². The van der Waals surface area contributed by atoms with Gasteiger partial charge in [0.25, 0.3) is 0 Å². The van der Waals surface area contributed by atoms with Crippen molar-refractivity contribution < 1.29 is 4.79 Å². The van der Waals surface area contributed by atoms with Crippen LogP contribution >= 0.6 is 0 Å². The first-order chi connectivity index (χ1) is 6.61. The smallest absolute Gasteiger partial charge is 0.223 e. The fourth-order valence-corrected chi connectivity index (χ4v) is 1.32. The maximum atomic E-state index is 11.5. The van der Waals surface area contributed by atoms with Crippen molar-refractivity contribution in [2.75, 3.05) is 40.3 Å². The van der Waals surface area contributed by atoms with Crippen molar-refractivity contribution in [3.05, 3.63) is 0 Å². The Hall–Kier alpha value is -0.610. The lowest BCUT2D eigenvalue weighted by Crippen LogP contribution is -2.34. The van der Waals surface area contributed by atoms with Gasteiger partial charge in [0.05, 0.1) is 0 Å². The molecular formula is C10H23N3O. The highest BCUT2D eigenvalue weighted by molar-refractivity contribution is 5.76. The summed E-state index contributed by atoms with van der Waals surface area (Å²) in [6, 6.07) is 0. The zero-order chi connectivity index (χ0) is 11.0. The first-order valence-corrected chi connectivity index (χ1v) is 5.24. The zero-order valence-corrected chi connectivity index (χ0v) is 9.62. The van der Waals surface area contributed by atoms with Gasteiger partial charge < -0.3 is 15.5 Å². The maximum Gasteiger partial charge on any atom is 0.223 e. The number of rotatable bonds is 7. The van der Waals surface area contributed by atoms with Crippen LogP contribution in [0.3, 0.4) is 0 Å². The van der Waals surface area contributed by atoms with Crippen molar-refractivity contribution in [3.63, 3.8) is 0 Å². The molecule has 0 aromatic rings. The molecule has 14 heavy (non-hydrogen) atoms. The average molecular weight is 201 g/mol. The number of carbonyl (C=O) groups excluding carboxylic acids is 1. The molecule has 2 N–H and O–H groups in total. The van der Waals surface area contributed by atoms with Crippen LogP contribution in [0, 0.1) is 0 Å². The number of hydrogen-bond acceptors (Lipinski definition) is 3. The Labute approximate surface area is 87.0 Å². The Balaban J connectivity index is 3.73. The second kappa shape index (κ2) is 7.76. The average Bonchev–Trinajstić information content (AvgIpc) is 2.12. The molecule has 0 radical (unpaired) electrons.